The number of aryl methyl sites for hydroxylation is 1. The molecule has 0 aliphatic rings. The summed E-state index contributed by atoms with van der Waals surface area (Å²) in [6.45, 7) is 8.13. The van der Waals surface area contributed by atoms with Gasteiger partial charge in [0.2, 0.25) is 0 Å². The summed E-state index contributed by atoms with van der Waals surface area (Å²) < 4.78 is 16.1. The molecule has 0 bridgehead atoms. The average Bonchev–Trinajstić information content (AvgIpc) is 2.69. The van der Waals surface area contributed by atoms with Crippen LogP contribution in [0.4, 0.5) is 10.2 Å². The van der Waals surface area contributed by atoms with Gasteiger partial charge in [0.15, 0.2) is 5.82 Å². The van der Waals surface area contributed by atoms with Crippen LogP contribution in [0.2, 0.25) is 5.02 Å². The first kappa shape index (κ1) is 14.9. The van der Waals surface area contributed by atoms with Crippen LogP contribution in [0, 0.1) is 5.82 Å². The van der Waals surface area contributed by atoms with Crippen LogP contribution in [0.3, 0.4) is 0 Å². The van der Waals surface area contributed by atoms with Crippen molar-refractivity contribution < 1.29 is 4.39 Å². The molecule has 3 nitrogen and oxygen atoms in total. The number of hydrogen-bond acceptors (Lipinski definition) is 2. The largest absolute Gasteiger partial charge is 0.383 e. The van der Waals surface area contributed by atoms with Crippen LogP contribution in [0.1, 0.15) is 33.5 Å². The molecule has 0 saturated carbocycles. The summed E-state index contributed by atoms with van der Waals surface area (Å²) in [6.07, 6.45) is 0.726. The maximum atomic E-state index is 14.2. The fraction of sp³-hybridized carbons (Fsp3) is 0.400. The number of rotatable bonds is 2. The molecule has 5 heteroatoms. The molecule has 0 fully saturated rings. The minimum atomic E-state index is -0.484. The second-order valence-corrected chi connectivity index (χ2v) is 6.13. The van der Waals surface area contributed by atoms with E-state index in [2.05, 4.69) is 4.98 Å². The van der Waals surface area contributed by atoms with Crippen LogP contribution in [0.5, 0.6) is 0 Å². The van der Waals surface area contributed by atoms with E-state index in [0.717, 1.165) is 12.2 Å². The fourth-order valence-electron chi connectivity index (χ4n) is 2.35. The third-order valence-corrected chi connectivity index (χ3v) is 3.47. The third-order valence-electron chi connectivity index (χ3n) is 3.18. The van der Waals surface area contributed by atoms with E-state index in [1.807, 2.05) is 32.3 Å². The van der Waals surface area contributed by atoms with Gasteiger partial charge in [-0.25, -0.2) is 9.37 Å². The number of imidazole rings is 1. The maximum Gasteiger partial charge on any atom is 0.151 e. The normalized spacial score (nSPS) is 11.9. The molecular weight excluding hydrogens is 277 g/mol. The van der Waals surface area contributed by atoms with E-state index in [1.165, 1.54) is 6.07 Å². The Morgan fingerprint density at radius 2 is 2.00 bits per heavy atom. The molecule has 0 radical (unpaired) electrons. The lowest BCUT2D eigenvalue weighted by molar-refractivity contribution is 0.389. The molecule has 20 heavy (non-hydrogen) atoms. The molecule has 108 valence electrons. The van der Waals surface area contributed by atoms with Crippen molar-refractivity contribution in [3.8, 4) is 11.3 Å². The molecule has 0 amide bonds. The second-order valence-electron chi connectivity index (χ2n) is 5.72. The van der Waals surface area contributed by atoms with Crippen molar-refractivity contribution >= 4 is 17.4 Å². The van der Waals surface area contributed by atoms with E-state index in [-0.39, 0.29) is 10.6 Å². The molecule has 0 unspecified atom stereocenters. The van der Waals surface area contributed by atoms with Crippen LogP contribution in [0.15, 0.2) is 18.2 Å². The topological polar surface area (TPSA) is 43.8 Å². The van der Waals surface area contributed by atoms with Crippen molar-refractivity contribution in [3.05, 3.63) is 34.9 Å². The summed E-state index contributed by atoms with van der Waals surface area (Å²) in [5.74, 6) is 0.821. The molecule has 2 aromatic rings. The van der Waals surface area contributed by atoms with Crippen molar-refractivity contribution in [3.63, 3.8) is 0 Å². The molecule has 1 heterocycles. The summed E-state index contributed by atoms with van der Waals surface area (Å²) in [4.78, 5) is 4.51. The Bertz CT molecular complexity index is 641. The van der Waals surface area contributed by atoms with Crippen LogP contribution in [0.25, 0.3) is 11.3 Å². The number of hydrogen-bond donors (Lipinski definition) is 1. The first-order valence-corrected chi connectivity index (χ1v) is 6.97. The molecule has 1 aromatic carbocycles. The predicted octanol–water partition coefficient (Wildman–Crippen LogP) is 4.24. The summed E-state index contributed by atoms with van der Waals surface area (Å²) in [5.41, 5.74) is 6.79. The zero-order valence-corrected chi connectivity index (χ0v) is 12.9. The van der Waals surface area contributed by atoms with Crippen LogP contribution in [-0.4, -0.2) is 9.55 Å². The van der Waals surface area contributed by atoms with Gasteiger partial charge in [0.25, 0.3) is 0 Å². The Morgan fingerprint density at radius 3 is 2.50 bits per heavy atom. The van der Waals surface area contributed by atoms with E-state index in [9.17, 15) is 4.39 Å². The monoisotopic (exact) mass is 295 g/mol. The Morgan fingerprint density at radius 1 is 1.35 bits per heavy atom. The van der Waals surface area contributed by atoms with Crippen molar-refractivity contribution in [1.82, 2.24) is 9.55 Å². The van der Waals surface area contributed by atoms with Gasteiger partial charge in [0.1, 0.15) is 17.3 Å². The Kier molecular flexibility index (Phi) is 3.78. The van der Waals surface area contributed by atoms with Gasteiger partial charge >= 0.3 is 0 Å². The number of nitrogen functional groups attached to an aromatic ring is 1. The lowest BCUT2D eigenvalue weighted by atomic mass is 10.1. The molecule has 0 atom stereocenters. The van der Waals surface area contributed by atoms with Gasteiger partial charge in [-0.05, 0) is 32.9 Å². The number of benzene rings is 1. The van der Waals surface area contributed by atoms with Crippen molar-refractivity contribution in [2.75, 3.05) is 5.73 Å². The average molecular weight is 296 g/mol. The zero-order chi connectivity index (χ0) is 15.1. The van der Waals surface area contributed by atoms with Gasteiger partial charge in [-0.1, -0.05) is 24.6 Å². The number of nitrogens with two attached hydrogens (primary N) is 1. The van der Waals surface area contributed by atoms with Crippen molar-refractivity contribution in [2.24, 2.45) is 0 Å². The summed E-state index contributed by atoms with van der Waals surface area (Å²) in [7, 11) is 0. The van der Waals surface area contributed by atoms with E-state index < -0.39 is 5.82 Å². The summed E-state index contributed by atoms with van der Waals surface area (Å²) in [6, 6.07) is 4.85. The van der Waals surface area contributed by atoms with Gasteiger partial charge < -0.3 is 10.3 Å². The first-order chi connectivity index (χ1) is 9.27. The molecule has 2 rings (SSSR count). The van der Waals surface area contributed by atoms with Gasteiger partial charge in [-0.15, -0.1) is 0 Å². The third kappa shape index (κ3) is 2.40. The standard InChI is InChI=1S/C15H19ClFN3/c1-5-11-19-13(14(18)20(11)15(2,3)4)9-7-6-8-10(16)12(9)17/h6-8H,5,18H2,1-4H3. The first-order valence-electron chi connectivity index (χ1n) is 6.59. The molecule has 0 spiro atoms. The van der Waals surface area contributed by atoms with Gasteiger partial charge in [0.05, 0.1) is 5.02 Å². The summed E-state index contributed by atoms with van der Waals surface area (Å²) in [5, 5.41) is 0.0743. The molecule has 0 aliphatic heterocycles. The Balaban J connectivity index is 2.71. The van der Waals surface area contributed by atoms with Crippen LogP contribution < -0.4 is 5.73 Å². The molecule has 0 saturated heterocycles. The maximum absolute atomic E-state index is 14.2. The minimum Gasteiger partial charge on any atom is -0.383 e. The van der Waals surface area contributed by atoms with Crippen molar-refractivity contribution in [1.29, 1.82) is 0 Å². The number of nitrogens with zero attached hydrogens (tertiary/aromatic N) is 2. The Labute approximate surface area is 123 Å². The molecule has 1 aromatic heterocycles. The number of aromatic nitrogens is 2. The zero-order valence-electron chi connectivity index (χ0n) is 12.2. The van der Waals surface area contributed by atoms with E-state index in [1.54, 1.807) is 12.1 Å². The van der Waals surface area contributed by atoms with Gasteiger partial charge in [-0.3, -0.25) is 0 Å². The second kappa shape index (κ2) is 5.09. The minimum absolute atomic E-state index is 0.0743. The quantitative estimate of drug-likeness (QED) is 0.900. The summed E-state index contributed by atoms with van der Waals surface area (Å²) >= 11 is 5.84. The van der Waals surface area contributed by atoms with Crippen LogP contribution >= 0.6 is 11.6 Å². The highest BCUT2D eigenvalue weighted by atomic mass is 35.5. The number of anilines is 1. The highest BCUT2D eigenvalue weighted by Crippen LogP contribution is 2.34. The van der Waals surface area contributed by atoms with Gasteiger partial charge in [0, 0.05) is 17.5 Å². The van der Waals surface area contributed by atoms with Crippen LogP contribution in [-0.2, 0) is 12.0 Å². The van der Waals surface area contributed by atoms with E-state index in [0.29, 0.717) is 17.1 Å². The Hall–Kier alpha value is -1.55. The fourth-order valence-corrected chi connectivity index (χ4v) is 2.53. The highest BCUT2D eigenvalue weighted by molar-refractivity contribution is 6.31. The van der Waals surface area contributed by atoms with E-state index >= 15 is 0 Å². The molecule has 2 N–H and O–H groups in total. The lowest BCUT2D eigenvalue weighted by Gasteiger charge is -2.24. The molecule has 0 aliphatic carbocycles. The lowest BCUT2D eigenvalue weighted by Crippen LogP contribution is -2.25. The van der Waals surface area contributed by atoms with E-state index in [4.69, 9.17) is 17.3 Å². The number of halogens is 2. The SMILES string of the molecule is CCc1nc(-c2cccc(Cl)c2F)c(N)n1C(C)(C)C. The molecular formula is C15H19ClFN3. The highest BCUT2D eigenvalue weighted by Gasteiger charge is 2.25. The van der Waals surface area contributed by atoms with Gasteiger partial charge in [-0.2, -0.15) is 0 Å². The van der Waals surface area contributed by atoms with Crippen molar-refractivity contribution in [2.45, 2.75) is 39.7 Å². The smallest absolute Gasteiger partial charge is 0.151 e. The predicted molar refractivity (Wildman–Crippen MR) is 81.4 cm³/mol.